The van der Waals surface area contributed by atoms with E-state index in [0.717, 1.165) is 28.3 Å². The molecular formula is C21H24N2O2. The van der Waals surface area contributed by atoms with Crippen molar-refractivity contribution in [3.05, 3.63) is 59.7 Å². The van der Waals surface area contributed by atoms with E-state index in [1.165, 1.54) is 5.57 Å². The summed E-state index contributed by atoms with van der Waals surface area (Å²) >= 11 is 0. The molecule has 0 unspecified atom stereocenters. The van der Waals surface area contributed by atoms with Crippen molar-refractivity contribution in [3.63, 3.8) is 0 Å². The number of allylic oxidation sites excluding steroid dienone is 1. The van der Waals surface area contributed by atoms with Gasteiger partial charge in [-0.1, -0.05) is 18.2 Å². The highest BCUT2D eigenvalue weighted by Gasteiger charge is 2.35. The monoisotopic (exact) mass is 336 g/mol. The van der Waals surface area contributed by atoms with Crippen molar-refractivity contribution in [2.45, 2.75) is 33.2 Å². The van der Waals surface area contributed by atoms with Gasteiger partial charge >= 0.3 is 6.03 Å². The number of anilines is 2. The number of carbonyl (C=O) groups is 1. The van der Waals surface area contributed by atoms with Crippen molar-refractivity contribution in [1.82, 2.24) is 0 Å². The minimum Gasteiger partial charge on any atom is -0.497 e. The quantitative estimate of drug-likeness (QED) is 0.815. The normalized spacial score (nSPS) is 15.2. The Morgan fingerprint density at radius 1 is 1.08 bits per heavy atom. The van der Waals surface area contributed by atoms with E-state index in [2.05, 4.69) is 50.4 Å². The number of benzene rings is 2. The van der Waals surface area contributed by atoms with E-state index in [1.807, 2.05) is 36.1 Å². The zero-order valence-corrected chi connectivity index (χ0v) is 15.4. The summed E-state index contributed by atoms with van der Waals surface area (Å²) in [5.74, 6) is 0.760. The highest BCUT2D eigenvalue weighted by molar-refractivity contribution is 6.06. The summed E-state index contributed by atoms with van der Waals surface area (Å²) in [7, 11) is 1.62. The highest BCUT2D eigenvalue weighted by Crippen LogP contribution is 2.39. The fraction of sp³-hybridized carbons (Fsp3) is 0.286. The topological polar surface area (TPSA) is 41.6 Å². The van der Waals surface area contributed by atoms with Gasteiger partial charge in [0.05, 0.1) is 18.3 Å². The minimum absolute atomic E-state index is 0.147. The van der Waals surface area contributed by atoms with Gasteiger partial charge in [0.15, 0.2) is 0 Å². The van der Waals surface area contributed by atoms with Crippen molar-refractivity contribution >= 4 is 23.0 Å². The summed E-state index contributed by atoms with van der Waals surface area (Å²) < 4.78 is 5.16. The van der Waals surface area contributed by atoms with Crippen molar-refractivity contribution in [3.8, 4) is 5.75 Å². The number of ether oxygens (including phenoxy) is 1. The average molecular weight is 336 g/mol. The van der Waals surface area contributed by atoms with Crippen LogP contribution in [0.4, 0.5) is 16.2 Å². The van der Waals surface area contributed by atoms with Crippen LogP contribution >= 0.6 is 0 Å². The van der Waals surface area contributed by atoms with Crippen LogP contribution in [-0.4, -0.2) is 18.7 Å². The fourth-order valence-corrected chi connectivity index (χ4v) is 3.37. The van der Waals surface area contributed by atoms with Gasteiger partial charge in [0.2, 0.25) is 0 Å². The molecule has 2 aromatic carbocycles. The van der Waals surface area contributed by atoms with E-state index in [9.17, 15) is 4.79 Å². The van der Waals surface area contributed by atoms with Crippen LogP contribution in [0.5, 0.6) is 5.75 Å². The number of fused-ring (bicyclic) bond motifs is 1. The zero-order chi connectivity index (χ0) is 18.2. The van der Waals surface area contributed by atoms with Crippen LogP contribution in [0, 0.1) is 6.92 Å². The van der Waals surface area contributed by atoms with E-state index < -0.39 is 5.54 Å². The standard InChI is InChI=1S/C21H24N2O2/c1-14-6-11-18-15(2)13-21(3,4)23(19(18)12-14)20(24)22-16-7-9-17(25-5)10-8-16/h6-13H,1-5H3,(H,22,24). The molecule has 1 N–H and O–H groups in total. The number of methoxy groups -OCH3 is 1. The second-order valence-electron chi connectivity index (χ2n) is 7.00. The molecule has 4 heteroatoms. The number of carbonyl (C=O) groups excluding carboxylic acids is 1. The summed E-state index contributed by atoms with van der Waals surface area (Å²) in [5.41, 5.74) is 4.68. The molecular weight excluding hydrogens is 312 g/mol. The molecule has 0 atom stereocenters. The summed E-state index contributed by atoms with van der Waals surface area (Å²) in [4.78, 5) is 14.9. The average Bonchev–Trinajstić information content (AvgIpc) is 2.54. The lowest BCUT2D eigenvalue weighted by atomic mass is 9.88. The Morgan fingerprint density at radius 2 is 1.76 bits per heavy atom. The molecule has 2 amide bonds. The smallest absolute Gasteiger partial charge is 0.327 e. The number of aryl methyl sites for hydroxylation is 1. The molecule has 0 saturated heterocycles. The Hall–Kier alpha value is -2.75. The summed E-state index contributed by atoms with van der Waals surface area (Å²) in [6.07, 6.45) is 2.14. The van der Waals surface area contributed by atoms with Gasteiger partial charge in [0, 0.05) is 11.3 Å². The molecule has 0 aliphatic carbocycles. The molecule has 2 aromatic rings. The van der Waals surface area contributed by atoms with E-state index in [0.29, 0.717) is 0 Å². The molecule has 0 fully saturated rings. The number of hydrogen-bond acceptors (Lipinski definition) is 2. The van der Waals surface area contributed by atoms with E-state index in [-0.39, 0.29) is 6.03 Å². The van der Waals surface area contributed by atoms with Crippen LogP contribution < -0.4 is 15.0 Å². The third kappa shape index (κ3) is 3.25. The molecule has 25 heavy (non-hydrogen) atoms. The van der Waals surface area contributed by atoms with E-state index in [1.54, 1.807) is 7.11 Å². The van der Waals surface area contributed by atoms with E-state index >= 15 is 0 Å². The van der Waals surface area contributed by atoms with Gasteiger partial charge in [-0.2, -0.15) is 0 Å². The van der Waals surface area contributed by atoms with Crippen LogP contribution in [-0.2, 0) is 0 Å². The maximum atomic E-state index is 13.1. The molecule has 0 bridgehead atoms. The predicted molar refractivity (Wildman–Crippen MR) is 103 cm³/mol. The first-order chi connectivity index (χ1) is 11.8. The van der Waals surface area contributed by atoms with Crippen LogP contribution in [0.15, 0.2) is 48.5 Å². The lowest BCUT2D eigenvalue weighted by Crippen LogP contribution is -2.50. The summed E-state index contributed by atoms with van der Waals surface area (Å²) in [6.45, 7) is 8.24. The fourth-order valence-electron chi connectivity index (χ4n) is 3.37. The molecule has 3 rings (SSSR count). The van der Waals surface area contributed by atoms with Crippen LogP contribution in [0.1, 0.15) is 31.9 Å². The number of nitrogens with zero attached hydrogens (tertiary/aromatic N) is 1. The van der Waals surface area contributed by atoms with Crippen molar-refractivity contribution in [1.29, 1.82) is 0 Å². The Morgan fingerprint density at radius 3 is 2.40 bits per heavy atom. The Bertz CT molecular complexity index is 835. The van der Waals surface area contributed by atoms with Crippen LogP contribution in [0.3, 0.4) is 0 Å². The molecule has 0 aromatic heterocycles. The predicted octanol–water partition coefficient (Wildman–Crippen LogP) is 5.24. The van der Waals surface area contributed by atoms with Gasteiger partial charge in [-0.25, -0.2) is 4.79 Å². The first-order valence-electron chi connectivity index (χ1n) is 8.37. The Balaban J connectivity index is 1.96. The first kappa shape index (κ1) is 17.1. The third-order valence-corrected chi connectivity index (χ3v) is 4.51. The Labute approximate surface area is 149 Å². The van der Waals surface area contributed by atoms with Crippen LogP contribution in [0.25, 0.3) is 5.57 Å². The van der Waals surface area contributed by atoms with Gasteiger partial charge in [-0.3, -0.25) is 4.90 Å². The SMILES string of the molecule is COc1ccc(NC(=O)N2c3cc(C)ccc3C(C)=CC2(C)C)cc1. The zero-order valence-electron chi connectivity index (χ0n) is 15.4. The number of nitrogens with one attached hydrogen (secondary N) is 1. The maximum absolute atomic E-state index is 13.1. The van der Waals surface area contributed by atoms with Gasteiger partial charge in [0.1, 0.15) is 5.75 Å². The Kier molecular flexibility index (Phi) is 4.29. The second kappa shape index (κ2) is 6.28. The van der Waals surface area contributed by atoms with Gasteiger partial charge in [-0.05, 0) is 69.2 Å². The van der Waals surface area contributed by atoms with Crippen molar-refractivity contribution in [2.75, 3.05) is 17.3 Å². The molecule has 1 heterocycles. The maximum Gasteiger partial charge on any atom is 0.327 e. The molecule has 0 spiro atoms. The largest absolute Gasteiger partial charge is 0.497 e. The molecule has 130 valence electrons. The van der Waals surface area contributed by atoms with Crippen LogP contribution in [0.2, 0.25) is 0 Å². The summed E-state index contributed by atoms with van der Waals surface area (Å²) in [6, 6.07) is 13.4. The lowest BCUT2D eigenvalue weighted by Gasteiger charge is -2.41. The summed E-state index contributed by atoms with van der Waals surface area (Å²) in [5, 5.41) is 3.00. The molecule has 4 nitrogen and oxygen atoms in total. The number of urea groups is 1. The molecule has 0 saturated carbocycles. The van der Waals surface area contributed by atoms with E-state index in [4.69, 9.17) is 4.74 Å². The third-order valence-electron chi connectivity index (χ3n) is 4.51. The highest BCUT2D eigenvalue weighted by atomic mass is 16.5. The number of rotatable bonds is 2. The van der Waals surface area contributed by atoms with Gasteiger partial charge in [0.25, 0.3) is 0 Å². The van der Waals surface area contributed by atoms with Crippen molar-refractivity contribution < 1.29 is 9.53 Å². The van der Waals surface area contributed by atoms with Gasteiger partial charge < -0.3 is 10.1 Å². The minimum atomic E-state index is -0.415. The molecule has 1 aliphatic rings. The first-order valence-corrected chi connectivity index (χ1v) is 8.37. The lowest BCUT2D eigenvalue weighted by molar-refractivity contribution is 0.253. The van der Waals surface area contributed by atoms with Crippen molar-refractivity contribution in [2.24, 2.45) is 0 Å². The number of hydrogen-bond donors (Lipinski definition) is 1. The molecule has 0 radical (unpaired) electrons. The second-order valence-corrected chi connectivity index (χ2v) is 7.00. The number of amides is 2. The van der Waals surface area contributed by atoms with Gasteiger partial charge in [-0.15, -0.1) is 0 Å². The molecule has 1 aliphatic heterocycles.